The second kappa shape index (κ2) is 5.45. The van der Waals surface area contributed by atoms with Crippen molar-refractivity contribution in [1.82, 2.24) is 9.97 Å². The molecule has 8 nitrogen and oxygen atoms in total. The molecule has 1 N–H and O–H groups in total. The number of hydrogen-bond donors (Lipinski definition) is 1. The van der Waals surface area contributed by atoms with Crippen molar-refractivity contribution in [2.24, 2.45) is 0 Å². The molecular weight excluding hydrogens is 326 g/mol. The number of nitro benzene ring substituents is 1. The van der Waals surface area contributed by atoms with Crippen LogP contribution in [0.4, 0.5) is 5.69 Å². The highest BCUT2D eigenvalue weighted by atomic mass is 16.6. The molecule has 0 fully saturated rings. The van der Waals surface area contributed by atoms with E-state index < -0.39 is 10.5 Å². The van der Waals surface area contributed by atoms with Crippen molar-refractivity contribution in [2.75, 3.05) is 7.11 Å². The van der Waals surface area contributed by atoms with Crippen LogP contribution in [0.1, 0.15) is 0 Å². The molecule has 0 saturated carbocycles. The minimum Gasteiger partial charge on any atom is -0.497 e. The fourth-order valence-electron chi connectivity index (χ4n) is 2.62. The number of aromatic amines is 1. The Kier molecular flexibility index (Phi) is 3.24. The summed E-state index contributed by atoms with van der Waals surface area (Å²) >= 11 is 0. The lowest BCUT2D eigenvalue weighted by Crippen LogP contribution is -2.03. The van der Waals surface area contributed by atoms with E-state index in [4.69, 9.17) is 9.15 Å². The molecule has 2 heterocycles. The molecule has 0 amide bonds. The zero-order chi connectivity index (χ0) is 17.6. The molecule has 0 bridgehead atoms. The van der Waals surface area contributed by atoms with Crippen LogP contribution in [0.3, 0.4) is 0 Å². The van der Waals surface area contributed by atoms with Crippen molar-refractivity contribution in [3.05, 3.63) is 63.0 Å². The predicted octanol–water partition coefficient (Wildman–Crippen LogP) is 3.25. The van der Waals surface area contributed by atoms with Gasteiger partial charge < -0.3 is 14.1 Å². The topological polar surface area (TPSA) is 111 Å². The van der Waals surface area contributed by atoms with Gasteiger partial charge in [0.2, 0.25) is 0 Å². The number of non-ortho nitro benzene ring substituents is 1. The first-order valence-corrected chi connectivity index (χ1v) is 7.31. The van der Waals surface area contributed by atoms with Gasteiger partial charge in [-0.3, -0.25) is 10.1 Å². The van der Waals surface area contributed by atoms with Gasteiger partial charge in [0, 0.05) is 23.6 Å². The maximum absolute atomic E-state index is 12.3. The van der Waals surface area contributed by atoms with Crippen LogP contribution < -0.4 is 10.4 Å². The van der Waals surface area contributed by atoms with Gasteiger partial charge in [0.1, 0.15) is 22.7 Å². The average molecular weight is 337 g/mol. The summed E-state index contributed by atoms with van der Waals surface area (Å²) in [6, 6.07) is 11.1. The number of nitro groups is 1. The molecule has 0 radical (unpaired) electrons. The minimum atomic E-state index is -0.561. The summed E-state index contributed by atoms with van der Waals surface area (Å²) < 4.78 is 10.5. The molecule has 0 unspecified atom stereocenters. The smallest absolute Gasteiger partial charge is 0.347 e. The molecule has 0 aliphatic rings. The van der Waals surface area contributed by atoms with Gasteiger partial charge in [0.25, 0.3) is 5.69 Å². The fourth-order valence-corrected chi connectivity index (χ4v) is 2.62. The van der Waals surface area contributed by atoms with Gasteiger partial charge in [-0.15, -0.1) is 0 Å². The van der Waals surface area contributed by atoms with E-state index in [2.05, 4.69) is 9.97 Å². The number of nitrogens with zero attached hydrogens (tertiary/aromatic N) is 2. The van der Waals surface area contributed by atoms with Gasteiger partial charge in [0.05, 0.1) is 23.1 Å². The van der Waals surface area contributed by atoms with Gasteiger partial charge in [-0.05, 0) is 24.3 Å². The van der Waals surface area contributed by atoms with Crippen LogP contribution in [0.15, 0.2) is 51.7 Å². The average Bonchev–Trinajstić information content (AvgIpc) is 3.03. The Labute approximate surface area is 139 Å². The van der Waals surface area contributed by atoms with Gasteiger partial charge in [0.15, 0.2) is 0 Å². The van der Waals surface area contributed by atoms with E-state index in [0.29, 0.717) is 33.6 Å². The molecule has 2 aromatic heterocycles. The van der Waals surface area contributed by atoms with E-state index in [1.165, 1.54) is 25.3 Å². The molecule has 4 aromatic rings. The van der Waals surface area contributed by atoms with Gasteiger partial charge in [-0.25, -0.2) is 9.78 Å². The van der Waals surface area contributed by atoms with E-state index >= 15 is 0 Å². The summed E-state index contributed by atoms with van der Waals surface area (Å²) in [6.07, 6.45) is 0. The number of hydrogen-bond acceptors (Lipinski definition) is 6. The number of H-pyrrole nitrogens is 1. The minimum absolute atomic E-state index is 0.0552. The Morgan fingerprint density at radius 3 is 2.80 bits per heavy atom. The van der Waals surface area contributed by atoms with Crippen LogP contribution in [-0.2, 0) is 0 Å². The molecule has 124 valence electrons. The second-order valence-corrected chi connectivity index (χ2v) is 5.40. The van der Waals surface area contributed by atoms with Crippen molar-refractivity contribution in [1.29, 1.82) is 0 Å². The highest BCUT2D eigenvalue weighted by Gasteiger charge is 2.14. The number of fused-ring (bicyclic) bond motifs is 2. The third-order valence-electron chi connectivity index (χ3n) is 3.87. The maximum atomic E-state index is 12.3. The van der Waals surface area contributed by atoms with E-state index in [1.807, 2.05) is 0 Å². The highest BCUT2D eigenvalue weighted by Crippen LogP contribution is 2.25. The summed E-state index contributed by atoms with van der Waals surface area (Å²) in [5.74, 6) is 0.876. The van der Waals surface area contributed by atoms with Crippen molar-refractivity contribution in [3.8, 4) is 17.1 Å². The Hall–Kier alpha value is -3.68. The Balaban J connectivity index is 1.88. The SMILES string of the molecule is COc1ccc2cc(-c3nc4ccc([N+](=O)[O-])cc4[nH]3)c(=O)oc2c1. The number of rotatable bonds is 3. The number of aromatic nitrogens is 2. The first-order chi connectivity index (χ1) is 12.0. The van der Waals surface area contributed by atoms with Crippen molar-refractivity contribution in [2.45, 2.75) is 0 Å². The molecule has 0 atom stereocenters. The molecular formula is C17H11N3O5. The molecule has 4 rings (SSSR count). The molecule has 8 heteroatoms. The zero-order valence-corrected chi connectivity index (χ0v) is 13.0. The van der Waals surface area contributed by atoms with E-state index in [0.717, 1.165) is 0 Å². The highest BCUT2D eigenvalue weighted by molar-refractivity contribution is 5.85. The van der Waals surface area contributed by atoms with Crippen molar-refractivity contribution >= 4 is 27.7 Å². The Morgan fingerprint density at radius 1 is 1.20 bits per heavy atom. The number of imidazole rings is 1. The van der Waals surface area contributed by atoms with Gasteiger partial charge >= 0.3 is 5.63 Å². The van der Waals surface area contributed by atoms with Crippen LogP contribution in [0.25, 0.3) is 33.4 Å². The number of nitrogens with one attached hydrogen (secondary N) is 1. The Bertz CT molecular complexity index is 1190. The lowest BCUT2D eigenvalue weighted by Gasteiger charge is -2.02. The lowest BCUT2D eigenvalue weighted by atomic mass is 10.1. The summed E-state index contributed by atoms with van der Waals surface area (Å²) in [5.41, 5.74) is 1.03. The monoisotopic (exact) mass is 337 g/mol. The molecule has 2 aromatic carbocycles. The first-order valence-electron chi connectivity index (χ1n) is 7.31. The summed E-state index contributed by atoms with van der Waals surface area (Å²) in [7, 11) is 1.53. The summed E-state index contributed by atoms with van der Waals surface area (Å²) in [6.45, 7) is 0. The largest absolute Gasteiger partial charge is 0.497 e. The predicted molar refractivity (Wildman–Crippen MR) is 90.8 cm³/mol. The summed E-state index contributed by atoms with van der Waals surface area (Å²) in [5, 5.41) is 11.6. The van der Waals surface area contributed by atoms with Crippen molar-refractivity contribution < 1.29 is 14.1 Å². The third-order valence-corrected chi connectivity index (χ3v) is 3.87. The first kappa shape index (κ1) is 14.9. The summed E-state index contributed by atoms with van der Waals surface area (Å²) in [4.78, 5) is 29.9. The number of ether oxygens (including phenoxy) is 1. The van der Waals surface area contributed by atoms with E-state index in [1.54, 1.807) is 24.3 Å². The molecule has 0 spiro atoms. The molecule has 25 heavy (non-hydrogen) atoms. The standard InChI is InChI=1S/C17H11N3O5/c1-24-11-4-2-9-6-12(17(21)25-15(9)8-11)16-18-13-5-3-10(20(22)23)7-14(13)19-16/h2-8H,1H3,(H,18,19). The Morgan fingerprint density at radius 2 is 2.04 bits per heavy atom. The van der Waals surface area contributed by atoms with Crippen LogP contribution in [0.2, 0.25) is 0 Å². The van der Waals surface area contributed by atoms with Crippen LogP contribution >= 0.6 is 0 Å². The maximum Gasteiger partial charge on any atom is 0.347 e. The zero-order valence-electron chi connectivity index (χ0n) is 13.0. The molecule has 0 aliphatic carbocycles. The van der Waals surface area contributed by atoms with E-state index in [-0.39, 0.29) is 11.3 Å². The lowest BCUT2D eigenvalue weighted by molar-refractivity contribution is -0.384. The molecule has 0 aliphatic heterocycles. The van der Waals surface area contributed by atoms with Crippen LogP contribution in [-0.4, -0.2) is 22.0 Å². The van der Waals surface area contributed by atoms with Crippen LogP contribution in [0.5, 0.6) is 5.75 Å². The normalized spacial score (nSPS) is 11.1. The second-order valence-electron chi connectivity index (χ2n) is 5.40. The third kappa shape index (κ3) is 2.49. The quantitative estimate of drug-likeness (QED) is 0.349. The fraction of sp³-hybridized carbons (Fsp3) is 0.0588. The molecule has 0 saturated heterocycles. The van der Waals surface area contributed by atoms with Gasteiger partial charge in [-0.1, -0.05) is 0 Å². The van der Waals surface area contributed by atoms with Crippen LogP contribution in [0, 0.1) is 10.1 Å². The van der Waals surface area contributed by atoms with Gasteiger partial charge in [-0.2, -0.15) is 0 Å². The van der Waals surface area contributed by atoms with E-state index in [9.17, 15) is 14.9 Å². The van der Waals surface area contributed by atoms with Crippen molar-refractivity contribution in [3.63, 3.8) is 0 Å². The number of methoxy groups -OCH3 is 1. The number of benzene rings is 2.